The Morgan fingerprint density at radius 3 is 1.23 bits per heavy atom. The first-order valence-electron chi connectivity index (χ1n) is 8.99. The number of carboxylic acids is 1. The third-order valence-electron chi connectivity index (χ3n) is 3.99. The molecule has 0 aromatic carbocycles. The van der Waals surface area contributed by atoms with Crippen molar-refractivity contribution in [2.75, 3.05) is 0 Å². The first-order chi connectivity index (χ1) is 9.77. The SMILES string of the molecule is CCCCCCCCCCCCCCCCCC(=O)O.[H-].[H-].[Mg+2].[PbH2]. The molecule has 2 radical (unpaired) electrons. The van der Waals surface area contributed by atoms with Gasteiger partial charge in [-0.15, -0.1) is 0 Å². The Morgan fingerprint density at radius 2 is 0.955 bits per heavy atom. The van der Waals surface area contributed by atoms with Crippen LogP contribution in [0, 0.1) is 0 Å². The van der Waals surface area contributed by atoms with Crippen LogP contribution in [-0.2, 0) is 4.79 Å². The zero-order chi connectivity index (χ0) is 14.9. The second kappa shape index (κ2) is 24.4. The van der Waals surface area contributed by atoms with E-state index in [-0.39, 0.29) is 53.2 Å². The normalized spacial score (nSPS) is 9.86. The average molecular weight is 520 g/mol. The van der Waals surface area contributed by atoms with Gasteiger partial charge in [0.05, 0.1) is 0 Å². The van der Waals surface area contributed by atoms with Crippen LogP contribution in [0.4, 0.5) is 0 Å². The number of carbonyl (C=O) groups is 1. The predicted octanol–water partition coefficient (Wildman–Crippen LogP) is 5.26. The summed E-state index contributed by atoms with van der Waals surface area (Å²) in [6, 6.07) is 0. The Bertz CT molecular complexity index is 223. The van der Waals surface area contributed by atoms with E-state index >= 15 is 0 Å². The number of aliphatic carboxylic acids is 1. The van der Waals surface area contributed by atoms with Crippen molar-refractivity contribution in [2.24, 2.45) is 0 Å². The molecule has 0 heterocycles. The molecule has 130 valence electrons. The molecule has 22 heavy (non-hydrogen) atoms. The fraction of sp³-hybridized carbons (Fsp3) is 0.944. The number of carboxylic acid groups (broad SMARTS) is 1. The van der Waals surface area contributed by atoms with Gasteiger partial charge >= 0.3 is 56.3 Å². The Balaban J connectivity index is -0.000000301. The molecule has 0 aliphatic rings. The molecule has 0 saturated carbocycles. The Kier molecular flexibility index (Phi) is 31.0. The van der Waals surface area contributed by atoms with Crippen molar-refractivity contribution in [1.29, 1.82) is 0 Å². The molecule has 1 N–H and O–H groups in total. The summed E-state index contributed by atoms with van der Waals surface area (Å²) in [5.74, 6) is -0.653. The van der Waals surface area contributed by atoms with Crippen molar-refractivity contribution < 1.29 is 12.8 Å². The van der Waals surface area contributed by atoms with Crippen LogP contribution < -0.4 is 0 Å². The second-order valence-electron chi connectivity index (χ2n) is 6.09. The summed E-state index contributed by atoms with van der Waals surface area (Å²) in [6.07, 6.45) is 20.2. The zero-order valence-electron chi connectivity index (χ0n) is 17.1. The van der Waals surface area contributed by atoms with E-state index in [0.29, 0.717) is 6.42 Å². The predicted molar refractivity (Wildman–Crippen MR) is 104 cm³/mol. The molecular weight excluding hydrogens is 480 g/mol. The molecule has 0 bridgehead atoms. The molecular formula is C18H40MgO2Pb. The van der Waals surface area contributed by atoms with Crippen LogP contribution in [0.25, 0.3) is 0 Å². The molecule has 0 amide bonds. The summed E-state index contributed by atoms with van der Waals surface area (Å²) in [5, 5.41) is 8.52. The Labute approximate surface area is 177 Å². The third-order valence-corrected chi connectivity index (χ3v) is 3.99. The van der Waals surface area contributed by atoms with Crippen LogP contribution in [0.2, 0.25) is 0 Å². The summed E-state index contributed by atoms with van der Waals surface area (Å²) in [4.78, 5) is 10.3. The molecule has 0 unspecified atom stereocenters. The van der Waals surface area contributed by atoms with Gasteiger partial charge in [-0.2, -0.15) is 0 Å². The van der Waals surface area contributed by atoms with Crippen molar-refractivity contribution in [3.63, 3.8) is 0 Å². The van der Waals surface area contributed by atoms with E-state index in [0.717, 1.165) is 12.8 Å². The molecule has 0 atom stereocenters. The molecule has 2 nitrogen and oxygen atoms in total. The molecule has 0 aromatic heterocycles. The van der Waals surface area contributed by atoms with E-state index in [1.165, 1.54) is 83.5 Å². The minimum atomic E-state index is -0.653. The summed E-state index contributed by atoms with van der Waals surface area (Å²) < 4.78 is 0. The van der Waals surface area contributed by atoms with E-state index in [4.69, 9.17) is 5.11 Å². The Morgan fingerprint density at radius 1 is 0.682 bits per heavy atom. The van der Waals surface area contributed by atoms with Gasteiger partial charge in [-0.1, -0.05) is 96.8 Å². The van der Waals surface area contributed by atoms with Gasteiger partial charge in [-0.3, -0.25) is 4.79 Å². The van der Waals surface area contributed by atoms with Crippen molar-refractivity contribution >= 4 is 56.3 Å². The fourth-order valence-corrected chi connectivity index (χ4v) is 2.65. The Hall–Kier alpha value is 1.16. The average Bonchev–Trinajstić information content (AvgIpc) is 2.43. The maximum absolute atomic E-state index is 10.3. The minimum absolute atomic E-state index is 0. The van der Waals surface area contributed by atoms with Gasteiger partial charge in [0.25, 0.3) is 0 Å². The van der Waals surface area contributed by atoms with E-state index in [1.807, 2.05) is 0 Å². The van der Waals surface area contributed by atoms with E-state index in [1.54, 1.807) is 0 Å². The van der Waals surface area contributed by atoms with Crippen LogP contribution in [0.3, 0.4) is 0 Å². The fourth-order valence-electron chi connectivity index (χ4n) is 2.65. The van der Waals surface area contributed by atoms with Crippen LogP contribution in [0.15, 0.2) is 0 Å². The van der Waals surface area contributed by atoms with Crippen LogP contribution >= 0.6 is 0 Å². The summed E-state index contributed by atoms with van der Waals surface area (Å²) in [7, 11) is 0. The van der Waals surface area contributed by atoms with Gasteiger partial charge in [0.15, 0.2) is 0 Å². The van der Waals surface area contributed by atoms with Crippen molar-refractivity contribution in [3.05, 3.63) is 0 Å². The van der Waals surface area contributed by atoms with Gasteiger partial charge in [0, 0.05) is 6.42 Å². The zero-order valence-corrected chi connectivity index (χ0v) is 22.0. The number of hydrogen-bond donors (Lipinski definition) is 1. The molecule has 0 spiro atoms. The quantitative estimate of drug-likeness (QED) is 0.223. The van der Waals surface area contributed by atoms with Gasteiger partial charge in [-0.25, -0.2) is 0 Å². The van der Waals surface area contributed by atoms with Gasteiger partial charge in [0.2, 0.25) is 0 Å². The first-order valence-corrected chi connectivity index (χ1v) is 8.99. The standard InChI is InChI=1S/C18H36O2.Mg.Pb.4H/c1-2-3-4-5-6-7-8-9-10-11-12-13-14-15-16-17-18(19)20;;;;;;/h2-17H2,1H3,(H,19,20);;;;;;/q;+2;;;;2*-1. The molecule has 0 aliphatic heterocycles. The second-order valence-corrected chi connectivity index (χ2v) is 6.09. The maximum atomic E-state index is 10.3. The number of unbranched alkanes of at least 4 members (excludes halogenated alkanes) is 14. The van der Waals surface area contributed by atoms with Crippen molar-refractivity contribution in [3.8, 4) is 0 Å². The van der Waals surface area contributed by atoms with Crippen molar-refractivity contribution in [1.82, 2.24) is 0 Å². The summed E-state index contributed by atoms with van der Waals surface area (Å²) in [5.41, 5.74) is 0. The molecule has 0 rings (SSSR count). The first kappa shape index (κ1) is 28.0. The van der Waals surface area contributed by atoms with Crippen molar-refractivity contribution in [2.45, 2.75) is 110 Å². The molecule has 0 fully saturated rings. The topological polar surface area (TPSA) is 37.3 Å². The summed E-state index contributed by atoms with van der Waals surface area (Å²) >= 11 is 0. The summed E-state index contributed by atoms with van der Waals surface area (Å²) in [6.45, 7) is 2.27. The van der Waals surface area contributed by atoms with Crippen LogP contribution in [0.5, 0.6) is 0 Å². The van der Waals surface area contributed by atoms with Gasteiger partial charge in [-0.05, 0) is 6.42 Å². The monoisotopic (exact) mass is 520 g/mol. The van der Waals surface area contributed by atoms with Crippen LogP contribution in [0.1, 0.15) is 113 Å². The van der Waals surface area contributed by atoms with Crippen LogP contribution in [-0.4, -0.2) is 61.4 Å². The van der Waals surface area contributed by atoms with Gasteiger partial charge in [0.1, 0.15) is 0 Å². The number of hydrogen-bond acceptors (Lipinski definition) is 1. The molecule has 4 heteroatoms. The molecule has 0 saturated heterocycles. The third kappa shape index (κ3) is 26.1. The van der Waals surface area contributed by atoms with E-state index < -0.39 is 5.97 Å². The van der Waals surface area contributed by atoms with Gasteiger partial charge < -0.3 is 7.96 Å². The molecule has 0 aliphatic carbocycles. The molecule has 0 aromatic rings. The number of rotatable bonds is 16. The van der Waals surface area contributed by atoms with E-state index in [9.17, 15) is 4.79 Å². The van der Waals surface area contributed by atoms with E-state index in [2.05, 4.69) is 6.92 Å².